The Balaban J connectivity index is 1.68. The quantitative estimate of drug-likeness (QED) is 0.840. The molecule has 2 atom stereocenters. The summed E-state index contributed by atoms with van der Waals surface area (Å²) in [5.41, 5.74) is 1.22. The van der Waals surface area contributed by atoms with Gasteiger partial charge in [0.2, 0.25) is 0 Å². The summed E-state index contributed by atoms with van der Waals surface area (Å²) in [6.45, 7) is 0.743. The molecule has 2 heterocycles. The summed E-state index contributed by atoms with van der Waals surface area (Å²) in [7, 11) is 0. The molecule has 0 saturated carbocycles. The second-order valence-electron chi connectivity index (χ2n) is 5.40. The molecule has 2 aliphatic rings. The van der Waals surface area contributed by atoms with Crippen LogP contribution < -0.4 is 4.74 Å². The monoisotopic (exact) mass is 276 g/mol. The highest BCUT2D eigenvalue weighted by atomic mass is 32.2. The summed E-state index contributed by atoms with van der Waals surface area (Å²) < 4.78 is 5.66. The van der Waals surface area contributed by atoms with Crippen LogP contribution in [0.2, 0.25) is 0 Å². The Hall–Kier alpha value is -0.960. The molecule has 0 aromatic heterocycles. The van der Waals surface area contributed by atoms with E-state index in [-0.39, 0.29) is 5.25 Å². The van der Waals surface area contributed by atoms with Gasteiger partial charge in [-0.15, -0.1) is 0 Å². The number of fused-ring (bicyclic) bond motifs is 1. The van der Waals surface area contributed by atoms with Gasteiger partial charge >= 0.3 is 0 Å². The van der Waals surface area contributed by atoms with E-state index in [0.717, 1.165) is 31.0 Å². The van der Waals surface area contributed by atoms with Crippen molar-refractivity contribution in [1.29, 1.82) is 0 Å². The van der Waals surface area contributed by atoms with Crippen LogP contribution in [-0.2, 0) is 4.79 Å². The number of para-hydroxylation sites is 1. The van der Waals surface area contributed by atoms with E-state index in [1.165, 1.54) is 18.4 Å². The number of thioether (sulfide) groups is 1. The average Bonchev–Trinajstić information content (AvgIpc) is 2.48. The molecule has 102 valence electrons. The first-order chi connectivity index (χ1) is 9.34. The zero-order valence-electron chi connectivity index (χ0n) is 11.1. The smallest absolute Gasteiger partial charge is 0.146 e. The Morgan fingerprint density at radius 3 is 3.00 bits per heavy atom. The fourth-order valence-corrected chi connectivity index (χ4v) is 4.27. The topological polar surface area (TPSA) is 26.3 Å². The zero-order valence-corrected chi connectivity index (χ0v) is 12.0. The van der Waals surface area contributed by atoms with Crippen molar-refractivity contribution in [3.05, 3.63) is 29.8 Å². The van der Waals surface area contributed by atoms with E-state index in [2.05, 4.69) is 6.07 Å². The molecule has 0 aliphatic carbocycles. The molecule has 1 saturated heterocycles. The lowest BCUT2D eigenvalue weighted by atomic mass is 9.87. The molecular weight excluding hydrogens is 256 g/mol. The summed E-state index contributed by atoms with van der Waals surface area (Å²) in [5.74, 6) is 2.94. The van der Waals surface area contributed by atoms with Crippen LogP contribution in [0, 0.1) is 0 Å². The number of carbonyl (C=O) groups excluding carboxylic acids is 1. The van der Waals surface area contributed by atoms with Crippen LogP contribution in [0.25, 0.3) is 0 Å². The van der Waals surface area contributed by atoms with Gasteiger partial charge in [-0.25, -0.2) is 0 Å². The van der Waals surface area contributed by atoms with Gasteiger partial charge in [0.05, 0.1) is 11.9 Å². The van der Waals surface area contributed by atoms with Crippen LogP contribution in [0.3, 0.4) is 0 Å². The van der Waals surface area contributed by atoms with Crippen molar-refractivity contribution in [2.75, 3.05) is 12.4 Å². The van der Waals surface area contributed by atoms with Crippen molar-refractivity contribution in [2.45, 2.75) is 43.3 Å². The Labute approximate surface area is 118 Å². The van der Waals surface area contributed by atoms with E-state index in [1.807, 2.05) is 30.0 Å². The molecule has 1 aromatic rings. The van der Waals surface area contributed by atoms with E-state index in [9.17, 15) is 4.79 Å². The van der Waals surface area contributed by atoms with Crippen LogP contribution in [0.4, 0.5) is 0 Å². The molecule has 1 aromatic carbocycles. The third-order valence-electron chi connectivity index (χ3n) is 4.07. The number of rotatable bonds is 3. The van der Waals surface area contributed by atoms with E-state index in [1.54, 1.807) is 0 Å². The zero-order chi connectivity index (χ0) is 13.1. The number of carbonyl (C=O) groups is 1. The molecule has 2 unspecified atom stereocenters. The number of hydrogen-bond acceptors (Lipinski definition) is 3. The Bertz CT molecular complexity index is 452. The van der Waals surface area contributed by atoms with Crippen LogP contribution >= 0.6 is 11.8 Å². The molecule has 3 rings (SSSR count). The van der Waals surface area contributed by atoms with Gasteiger partial charge in [0.25, 0.3) is 0 Å². The van der Waals surface area contributed by atoms with Gasteiger partial charge in [-0.2, -0.15) is 11.8 Å². The highest BCUT2D eigenvalue weighted by Gasteiger charge is 2.28. The van der Waals surface area contributed by atoms with Crippen LogP contribution in [-0.4, -0.2) is 23.4 Å². The Morgan fingerprint density at radius 1 is 1.26 bits per heavy atom. The van der Waals surface area contributed by atoms with Crippen molar-refractivity contribution in [3.63, 3.8) is 0 Å². The predicted octanol–water partition coefficient (Wildman–Crippen LogP) is 3.80. The fourth-order valence-electron chi connectivity index (χ4n) is 3.00. The first-order valence-corrected chi connectivity index (χ1v) is 8.25. The molecule has 0 bridgehead atoms. The molecule has 2 aliphatic heterocycles. The molecule has 0 spiro atoms. The fraction of sp³-hybridized carbons (Fsp3) is 0.562. The minimum absolute atomic E-state index is 0.253. The third-order valence-corrected chi connectivity index (χ3v) is 5.49. The van der Waals surface area contributed by atoms with E-state index < -0.39 is 0 Å². The van der Waals surface area contributed by atoms with Crippen molar-refractivity contribution in [1.82, 2.24) is 0 Å². The lowest BCUT2D eigenvalue weighted by molar-refractivity contribution is -0.119. The Morgan fingerprint density at radius 2 is 2.16 bits per heavy atom. The van der Waals surface area contributed by atoms with E-state index in [4.69, 9.17) is 4.74 Å². The van der Waals surface area contributed by atoms with Gasteiger partial charge in [-0.05, 0) is 42.6 Å². The maximum atomic E-state index is 12.4. The van der Waals surface area contributed by atoms with Crippen molar-refractivity contribution in [2.24, 2.45) is 0 Å². The van der Waals surface area contributed by atoms with Crippen LogP contribution in [0.1, 0.15) is 43.6 Å². The minimum Gasteiger partial charge on any atom is -0.493 e. The van der Waals surface area contributed by atoms with Gasteiger partial charge in [0.15, 0.2) is 0 Å². The summed E-state index contributed by atoms with van der Waals surface area (Å²) in [6.07, 6.45) is 5.23. The van der Waals surface area contributed by atoms with Crippen molar-refractivity contribution < 1.29 is 9.53 Å². The molecular formula is C16H20O2S. The molecule has 0 amide bonds. The minimum atomic E-state index is 0.253. The highest BCUT2D eigenvalue weighted by molar-refractivity contribution is 8.00. The largest absolute Gasteiger partial charge is 0.493 e. The SMILES string of the molecule is O=C(CC1CCOc2ccccc21)C1CCCCS1. The summed E-state index contributed by atoms with van der Waals surface area (Å²) in [4.78, 5) is 12.4. The summed E-state index contributed by atoms with van der Waals surface area (Å²) in [5, 5.41) is 0.253. The number of benzene rings is 1. The second-order valence-corrected chi connectivity index (χ2v) is 6.71. The van der Waals surface area contributed by atoms with Gasteiger partial charge in [0.1, 0.15) is 11.5 Å². The summed E-state index contributed by atoms with van der Waals surface area (Å²) in [6, 6.07) is 8.17. The molecule has 0 radical (unpaired) electrons. The molecule has 0 N–H and O–H groups in total. The molecule has 19 heavy (non-hydrogen) atoms. The highest BCUT2D eigenvalue weighted by Crippen LogP contribution is 2.37. The van der Waals surface area contributed by atoms with Crippen LogP contribution in [0.15, 0.2) is 24.3 Å². The van der Waals surface area contributed by atoms with E-state index >= 15 is 0 Å². The maximum absolute atomic E-state index is 12.4. The third kappa shape index (κ3) is 2.97. The summed E-state index contributed by atoms with van der Waals surface area (Å²) >= 11 is 1.86. The molecule has 1 fully saturated rings. The standard InChI is InChI=1S/C16H20O2S/c17-14(16-7-3-4-10-19-16)11-12-8-9-18-15-6-2-1-5-13(12)15/h1-2,5-6,12,16H,3-4,7-11H2. The second kappa shape index (κ2) is 6.00. The lowest BCUT2D eigenvalue weighted by Crippen LogP contribution is -2.25. The average molecular weight is 276 g/mol. The number of Topliss-reactive ketones (excluding diaryl/α,β-unsaturated/α-hetero) is 1. The molecule has 3 heteroatoms. The van der Waals surface area contributed by atoms with Gasteiger partial charge in [-0.1, -0.05) is 24.6 Å². The van der Waals surface area contributed by atoms with Crippen LogP contribution in [0.5, 0.6) is 5.75 Å². The first kappa shape index (κ1) is 13.0. The van der Waals surface area contributed by atoms with Gasteiger partial charge < -0.3 is 4.74 Å². The van der Waals surface area contributed by atoms with Gasteiger partial charge in [-0.3, -0.25) is 4.79 Å². The Kier molecular flexibility index (Phi) is 4.12. The first-order valence-electron chi connectivity index (χ1n) is 7.20. The number of ketones is 1. The lowest BCUT2D eigenvalue weighted by Gasteiger charge is -2.27. The van der Waals surface area contributed by atoms with Crippen molar-refractivity contribution in [3.8, 4) is 5.75 Å². The number of hydrogen-bond donors (Lipinski definition) is 0. The van der Waals surface area contributed by atoms with E-state index in [0.29, 0.717) is 18.1 Å². The van der Waals surface area contributed by atoms with Gasteiger partial charge in [0, 0.05) is 6.42 Å². The van der Waals surface area contributed by atoms with Crippen molar-refractivity contribution >= 4 is 17.5 Å². The maximum Gasteiger partial charge on any atom is 0.146 e. The normalized spacial score (nSPS) is 26.3. The molecule has 2 nitrogen and oxygen atoms in total. The number of ether oxygens (including phenoxy) is 1. The predicted molar refractivity (Wildman–Crippen MR) is 79.0 cm³/mol.